The van der Waals surface area contributed by atoms with Gasteiger partial charge in [-0.15, -0.1) is 40.3 Å². The molecule has 1 fully saturated rings. The molecule has 0 unspecified atom stereocenters. The summed E-state index contributed by atoms with van der Waals surface area (Å²) in [4.78, 5) is 0. The SMILES string of the molecule is [C-]1=c2cccc(-c3ccc4ccccc4c3)c2=CC1=CC1CCCCC1.[Zr]. The Kier molecular flexibility index (Phi) is 5.60. The van der Waals surface area contributed by atoms with Gasteiger partial charge in [-0.25, -0.2) is 0 Å². The van der Waals surface area contributed by atoms with Crippen LogP contribution >= 0.6 is 0 Å². The Bertz CT molecular complexity index is 1110. The van der Waals surface area contributed by atoms with E-state index in [9.17, 15) is 0 Å². The first-order chi connectivity index (χ1) is 12.9. The molecule has 0 N–H and O–H groups in total. The molecule has 27 heavy (non-hydrogen) atoms. The fraction of sp³-hybridized carbons (Fsp3) is 0.231. The van der Waals surface area contributed by atoms with Crippen LogP contribution in [0.25, 0.3) is 34.1 Å². The second kappa shape index (κ2) is 8.11. The van der Waals surface area contributed by atoms with Crippen molar-refractivity contribution >= 4 is 22.9 Å². The van der Waals surface area contributed by atoms with Gasteiger partial charge in [-0.05, 0) is 28.3 Å². The van der Waals surface area contributed by atoms with Crippen molar-refractivity contribution < 1.29 is 26.2 Å². The largest absolute Gasteiger partial charge is 0.145 e. The molecule has 2 aliphatic carbocycles. The summed E-state index contributed by atoms with van der Waals surface area (Å²) in [6.07, 6.45) is 15.3. The molecular formula is C26H23Zr-. The summed E-state index contributed by atoms with van der Waals surface area (Å²) in [5, 5.41) is 5.15. The van der Waals surface area contributed by atoms with Crippen LogP contribution in [0.15, 0.2) is 72.3 Å². The summed E-state index contributed by atoms with van der Waals surface area (Å²) in [7, 11) is 0. The van der Waals surface area contributed by atoms with Gasteiger partial charge in [0.2, 0.25) is 0 Å². The Balaban J connectivity index is 0.00000180. The van der Waals surface area contributed by atoms with Gasteiger partial charge in [0.25, 0.3) is 0 Å². The number of hydrogen-bond acceptors (Lipinski definition) is 0. The van der Waals surface area contributed by atoms with Gasteiger partial charge in [0.15, 0.2) is 0 Å². The van der Waals surface area contributed by atoms with Gasteiger partial charge >= 0.3 is 0 Å². The average molecular weight is 427 g/mol. The molecule has 3 aromatic rings. The predicted molar refractivity (Wildman–Crippen MR) is 111 cm³/mol. The van der Waals surface area contributed by atoms with E-state index in [0.29, 0.717) is 0 Å². The van der Waals surface area contributed by atoms with Crippen molar-refractivity contribution in [1.29, 1.82) is 0 Å². The van der Waals surface area contributed by atoms with E-state index in [2.05, 4.69) is 78.9 Å². The van der Waals surface area contributed by atoms with Crippen LogP contribution in [-0.2, 0) is 26.2 Å². The zero-order valence-electron chi connectivity index (χ0n) is 15.5. The number of fused-ring (bicyclic) bond motifs is 2. The summed E-state index contributed by atoms with van der Waals surface area (Å²) >= 11 is 0. The third-order valence-corrected chi connectivity index (χ3v) is 5.81. The first-order valence-corrected chi connectivity index (χ1v) is 9.83. The van der Waals surface area contributed by atoms with Crippen molar-refractivity contribution in [2.45, 2.75) is 32.1 Å². The van der Waals surface area contributed by atoms with Crippen LogP contribution in [0.3, 0.4) is 0 Å². The van der Waals surface area contributed by atoms with E-state index in [-0.39, 0.29) is 26.2 Å². The molecule has 0 nitrogen and oxygen atoms in total. The van der Waals surface area contributed by atoms with Crippen LogP contribution < -0.4 is 10.4 Å². The molecular weight excluding hydrogens is 404 g/mol. The molecule has 0 heterocycles. The molecule has 0 atom stereocenters. The second-order valence-electron chi connectivity index (χ2n) is 7.62. The van der Waals surface area contributed by atoms with Crippen molar-refractivity contribution in [2.24, 2.45) is 5.92 Å². The van der Waals surface area contributed by atoms with Crippen LogP contribution in [0.5, 0.6) is 0 Å². The van der Waals surface area contributed by atoms with E-state index in [1.807, 2.05) is 0 Å². The molecule has 0 aliphatic heterocycles. The normalized spacial score (nSPS) is 17.9. The molecule has 0 bridgehead atoms. The molecule has 5 rings (SSSR count). The molecule has 0 amide bonds. The summed E-state index contributed by atoms with van der Waals surface area (Å²) in [6, 6.07) is 22.0. The van der Waals surface area contributed by atoms with Crippen molar-refractivity contribution in [3.8, 4) is 11.1 Å². The monoisotopic (exact) mass is 425 g/mol. The van der Waals surface area contributed by atoms with Crippen LogP contribution in [0.2, 0.25) is 0 Å². The third-order valence-electron chi connectivity index (χ3n) is 5.81. The molecule has 0 spiro atoms. The fourth-order valence-corrected chi connectivity index (χ4v) is 4.43. The topological polar surface area (TPSA) is 0 Å². The maximum Gasteiger partial charge on any atom is 0 e. The minimum atomic E-state index is 0. The maximum absolute atomic E-state index is 3.63. The first-order valence-electron chi connectivity index (χ1n) is 9.83. The van der Waals surface area contributed by atoms with E-state index in [4.69, 9.17) is 0 Å². The van der Waals surface area contributed by atoms with Crippen molar-refractivity contribution in [3.63, 3.8) is 0 Å². The summed E-state index contributed by atoms with van der Waals surface area (Å²) in [5.41, 5.74) is 3.88. The molecule has 2 aliphatic rings. The van der Waals surface area contributed by atoms with Gasteiger partial charge in [0, 0.05) is 26.2 Å². The first kappa shape index (κ1) is 18.6. The van der Waals surface area contributed by atoms with Gasteiger partial charge in [-0.3, -0.25) is 0 Å². The van der Waals surface area contributed by atoms with E-state index in [1.54, 1.807) is 0 Å². The van der Waals surface area contributed by atoms with Crippen LogP contribution in [0, 0.1) is 5.92 Å². The summed E-state index contributed by atoms with van der Waals surface area (Å²) < 4.78 is 0. The quantitative estimate of drug-likeness (QED) is 0.477. The molecule has 0 aromatic heterocycles. The van der Waals surface area contributed by atoms with Gasteiger partial charge < -0.3 is 0 Å². The standard InChI is InChI=1S/C26H23.Zr/c1-2-7-19(8-3-1)15-20-16-23-11-6-12-25(26(23)17-20)24-14-13-21-9-4-5-10-22(21)18-24;/h4-6,9-15,17-19H,1-3,7-8H2;/q-1;. The van der Waals surface area contributed by atoms with Crippen LogP contribution in [0.4, 0.5) is 0 Å². The zero-order valence-corrected chi connectivity index (χ0v) is 18.0. The number of allylic oxidation sites excluding steroid dienone is 2. The van der Waals surface area contributed by atoms with Crippen molar-refractivity contribution in [3.05, 3.63) is 82.8 Å². The minimum Gasteiger partial charge on any atom is -0.145 e. The molecule has 1 heteroatoms. The van der Waals surface area contributed by atoms with Crippen LogP contribution in [0.1, 0.15) is 32.1 Å². The summed E-state index contributed by atoms with van der Waals surface area (Å²) in [5.74, 6) is 0.737. The van der Waals surface area contributed by atoms with Gasteiger partial charge in [0.1, 0.15) is 0 Å². The Morgan fingerprint density at radius 1 is 0.815 bits per heavy atom. The number of hydrogen-bond donors (Lipinski definition) is 0. The zero-order chi connectivity index (χ0) is 17.3. The van der Waals surface area contributed by atoms with Crippen molar-refractivity contribution in [2.75, 3.05) is 0 Å². The Morgan fingerprint density at radius 3 is 2.48 bits per heavy atom. The van der Waals surface area contributed by atoms with Crippen molar-refractivity contribution in [1.82, 2.24) is 0 Å². The average Bonchev–Trinajstić information content (AvgIpc) is 3.11. The van der Waals surface area contributed by atoms with E-state index in [1.165, 1.54) is 70.0 Å². The Labute approximate surface area is 180 Å². The van der Waals surface area contributed by atoms with Gasteiger partial charge in [0.05, 0.1) is 0 Å². The number of rotatable bonds is 2. The van der Waals surface area contributed by atoms with Gasteiger partial charge in [-0.1, -0.05) is 86.2 Å². The molecule has 0 radical (unpaired) electrons. The van der Waals surface area contributed by atoms with Gasteiger partial charge in [-0.2, -0.15) is 0 Å². The van der Waals surface area contributed by atoms with E-state index >= 15 is 0 Å². The number of benzene rings is 3. The second-order valence-corrected chi connectivity index (χ2v) is 7.62. The maximum atomic E-state index is 3.63. The third kappa shape index (κ3) is 3.81. The molecule has 1 saturated carbocycles. The Hall–Kier alpha value is -1.72. The molecule has 3 aromatic carbocycles. The Morgan fingerprint density at radius 2 is 1.63 bits per heavy atom. The fourth-order valence-electron chi connectivity index (χ4n) is 4.43. The molecule has 132 valence electrons. The van der Waals surface area contributed by atoms with Crippen LogP contribution in [-0.4, -0.2) is 0 Å². The van der Waals surface area contributed by atoms with E-state index in [0.717, 1.165) is 5.92 Å². The predicted octanol–water partition coefficient (Wildman–Crippen LogP) is 5.46. The smallest absolute Gasteiger partial charge is 0 e. The van der Waals surface area contributed by atoms with E-state index < -0.39 is 0 Å². The summed E-state index contributed by atoms with van der Waals surface area (Å²) in [6.45, 7) is 0. The molecule has 0 saturated heterocycles. The minimum absolute atomic E-state index is 0.